The second-order valence-electron chi connectivity index (χ2n) is 28.9. The Balaban J connectivity index is 1.87. The molecule has 15 amide bonds. The maximum atomic E-state index is 14.5. The lowest BCUT2D eigenvalue weighted by molar-refractivity contribution is -0.142. The fourth-order valence-corrected chi connectivity index (χ4v) is 11.3. The van der Waals surface area contributed by atoms with Gasteiger partial charge in [-0.25, -0.2) is 4.79 Å². The number of nitrogens with two attached hydrogens (primary N) is 5. The summed E-state index contributed by atoms with van der Waals surface area (Å²) in [5.74, 6) is -18.8. The van der Waals surface area contributed by atoms with E-state index >= 15 is 0 Å². The number of phenolic OH excluding ortho intramolecular Hbond substituents is 2. The molecule has 12 atom stereocenters. The van der Waals surface area contributed by atoms with E-state index in [2.05, 4.69) is 69.1 Å². The fourth-order valence-electron chi connectivity index (χ4n) is 11.3. The van der Waals surface area contributed by atoms with Crippen molar-refractivity contribution in [3.63, 3.8) is 0 Å². The van der Waals surface area contributed by atoms with Crippen molar-refractivity contribution in [1.82, 2.24) is 69.1 Å². The van der Waals surface area contributed by atoms with Crippen molar-refractivity contribution in [3.8, 4) is 11.5 Å². The molecular weight excluding hydrogens is 1460 g/mol. The highest BCUT2D eigenvalue weighted by atomic mass is 16.4. The molecule has 0 unspecified atom stereocenters. The first-order valence-electron chi connectivity index (χ1n) is 36.6. The van der Waals surface area contributed by atoms with Gasteiger partial charge in [-0.3, -0.25) is 77.3 Å². The normalized spacial score (nSPS) is 14.3. The molecule has 0 aliphatic heterocycles. The highest BCUT2D eigenvalue weighted by Gasteiger charge is 2.38. The van der Waals surface area contributed by atoms with Crippen molar-refractivity contribution < 1.29 is 92.0 Å². The van der Waals surface area contributed by atoms with Crippen LogP contribution >= 0.6 is 0 Å². The molecule has 616 valence electrons. The van der Waals surface area contributed by atoms with E-state index in [1.807, 2.05) is 0 Å². The molecule has 0 aliphatic rings. The quantitative estimate of drug-likeness (QED) is 0.0146. The predicted molar refractivity (Wildman–Crippen MR) is 408 cm³/mol. The first-order valence-corrected chi connectivity index (χ1v) is 36.6. The minimum Gasteiger partial charge on any atom is -0.508 e. The molecule has 0 aromatic heterocycles. The Morgan fingerprint density at radius 3 is 1.19 bits per heavy atom. The van der Waals surface area contributed by atoms with Crippen molar-refractivity contribution in [2.45, 2.75) is 212 Å². The molecule has 27 N–H and O–H groups in total. The maximum absolute atomic E-state index is 14.5. The lowest BCUT2D eigenvalue weighted by Gasteiger charge is -2.29. The van der Waals surface area contributed by atoms with E-state index in [0.29, 0.717) is 11.1 Å². The number of guanidine groups is 1. The smallest absolute Gasteiger partial charge is 0.326 e. The number of phenols is 2. The Kier molecular flexibility index (Phi) is 39.7. The summed E-state index contributed by atoms with van der Waals surface area (Å²) in [5, 5.41) is 69.3. The number of carboxylic acid groups (broad SMARTS) is 1. The number of hydrogen-bond acceptors (Lipinski definition) is 20. The van der Waals surface area contributed by atoms with Gasteiger partial charge in [-0.2, -0.15) is 0 Å². The summed E-state index contributed by atoms with van der Waals surface area (Å²) in [4.78, 5) is 218. The largest absolute Gasteiger partial charge is 0.508 e. The van der Waals surface area contributed by atoms with Gasteiger partial charge in [0.2, 0.25) is 88.6 Å². The summed E-state index contributed by atoms with van der Waals surface area (Å²) in [6.45, 7) is 13.9. The molecule has 0 aliphatic carbocycles. The van der Waals surface area contributed by atoms with Crippen LogP contribution in [0.1, 0.15) is 137 Å². The molecule has 0 saturated heterocycles. The predicted octanol–water partition coefficient (Wildman–Crippen LogP) is -3.92. The minimum absolute atomic E-state index is 0.00670. The van der Waals surface area contributed by atoms with Crippen molar-refractivity contribution in [2.24, 2.45) is 52.3 Å². The van der Waals surface area contributed by atoms with Crippen LogP contribution in [0.15, 0.2) is 78.9 Å². The van der Waals surface area contributed by atoms with Crippen LogP contribution < -0.4 is 97.8 Å². The number of primary amides is 3. The third kappa shape index (κ3) is 35.6. The zero-order chi connectivity index (χ0) is 84.2. The summed E-state index contributed by atoms with van der Waals surface area (Å²) in [6, 6.07) is 1.90. The molecule has 3 aromatic carbocycles. The molecular formula is C74H111N19O19. The summed E-state index contributed by atoms with van der Waals surface area (Å²) < 4.78 is 0. The molecule has 0 saturated carbocycles. The van der Waals surface area contributed by atoms with Gasteiger partial charge in [0.15, 0.2) is 5.96 Å². The van der Waals surface area contributed by atoms with Gasteiger partial charge in [0.25, 0.3) is 0 Å². The number of aliphatic carboxylic acids is 1. The number of carbonyl (C=O) groups excluding carboxylic acids is 15. The average molecular weight is 1570 g/mol. The Hall–Kier alpha value is -12.0. The number of hydrogen-bond donors (Lipinski definition) is 22. The van der Waals surface area contributed by atoms with Crippen LogP contribution in [0.2, 0.25) is 0 Å². The van der Waals surface area contributed by atoms with Gasteiger partial charge in [0, 0.05) is 25.8 Å². The SMILES string of the molecule is CC(C)C[C@H](NC(=O)[C@H](Cc1ccc(O)cc1)NC(=O)CNC(=O)[C@H](C)NC(=O)[C@@H](NC(=O)[C@H](CC(C)C)NC(=O)[C@H](CCC(N)=O)NC(=O)[C@H](CC(N)=O)NC(=O)[C@H](CC(N)=O)NC(=O)[C@H](CCCNC(=N)N)NC(=O)[C@H](CC(C)C)NC(=O)[C@H](Cc1ccc(O)cc1)NC(=O)[C@@H](N)Cc1ccccc1)C(C)C)C(=O)O. The fraction of sp³-hybridized carbons (Fsp3) is 0.527. The number of carbonyl (C=O) groups is 16. The molecule has 3 aromatic rings. The first kappa shape index (κ1) is 94.2. The number of benzene rings is 3. The van der Waals surface area contributed by atoms with E-state index in [9.17, 15) is 92.0 Å². The van der Waals surface area contributed by atoms with Gasteiger partial charge in [-0.15, -0.1) is 0 Å². The number of aromatic hydroxyl groups is 2. The summed E-state index contributed by atoms with van der Waals surface area (Å²) in [5.41, 5.74) is 30.1. The third-order valence-electron chi connectivity index (χ3n) is 17.1. The van der Waals surface area contributed by atoms with Gasteiger partial charge in [0.1, 0.15) is 78.0 Å². The lowest BCUT2D eigenvalue weighted by atomic mass is 9.99. The van der Waals surface area contributed by atoms with Gasteiger partial charge in [-0.1, -0.05) is 110 Å². The molecule has 0 radical (unpaired) electrons. The average Bonchev–Trinajstić information content (AvgIpc) is 0.859. The molecule has 38 nitrogen and oxygen atoms in total. The van der Waals surface area contributed by atoms with Crippen LogP contribution in [0.25, 0.3) is 0 Å². The first-order chi connectivity index (χ1) is 52.5. The number of nitrogens with one attached hydrogen (secondary N) is 14. The lowest BCUT2D eigenvalue weighted by Crippen LogP contribution is -2.61. The monoisotopic (exact) mass is 1570 g/mol. The molecule has 0 spiro atoms. The van der Waals surface area contributed by atoms with Crippen molar-refractivity contribution in [1.29, 1.82) is 5.41 Å². The molecule has 112 heavy (non-hydrogen) atoms. The summed E-state index contributed by atoms with van der Waals surface area (Å²) in [7, 11) is 0. The third-order valence-corrected chi connectivity index (χ3v) is 17.1. The molecule has 0 heterocycles. The number of amides is 15. The molecule has 38 heteroatoms. The Morgan fingerprint density at radius 2 is 0.759 bits per heavy atom. The van der Waals surface area contributed by atoms with Crippen molar-refractivity contribution in [2.75, 3.05) is 13.1 Å². The van der Waals surface area contributed by atoms with Gasteiger partial charge >= 0.3 is 5.97 Å². The van der Waals surface area contributed by atoms with Crippen LogP contribution in [0.4, 0.5) is 0 Å². The second kappa shape index (κ2) is 47.2. The van der Waals surface area contributed by atoms with Gasteiger partial charge < -0.3 is 113 Å². The van der Waals surface area contributed by atoms with Crippen LogP contribution in [0.3, 0.4) is 0 Å². The number of carboxylic acids is 1. The zero-order valence-corrected chi connectivity index (χ0v) is 64.4. The number of rotatable bonds is 49. The highest BCUT2D eigenvalue weighted by molar-refractivity contribution is 6.01. The Labute approximate surface area is 648 Å². The van der Waals surface area contributed by atoms with Crippen LogP contribution in [0, 0.1) is 29.1 Å². The summed E-state index contributed by atoms with van der Waals surface area (Å²) in [6.07, 6.45) is -3.77. The van der Waals surface area contributed by atoms with Crippen molar-refractivity contribution >= 4 is 101 Å². The zero-order valence-electron chi connectivity index (χ0n) is 64.4. The van der Waals surface area contributed by atoms with Gasteiger partial charge in [-0.05, 0) is 116 Å². The maximum Gasteiger partial charge on any atom is 0.326 e. The van der Waals surface area contributed by atoms with Crippen LogP contribution in [0.5, 0.6) is 11.5 Å². The minimum atomic E-state index is -2.04. The van der Waals surface area contributed by atoms with E-state index in [-0.39, 0.29) is 87.2 Å². The Bertz CT molecular complexity index is 3750. The highest BCUT2D eigenvalue weighted by Crippen LogP contribution is 2.17. The second-order valence-corrected chi connectivity index (χ2v) is 28.9. The molecule has 3 rings (SSSR count). The van der Waals surface area contributed by atoms with E-state index in [1.165, 1.54) is 55.5 Å². The standard InChI is InChI=1S/C74H111N19O19/c1-37(2)28-50(89-68(106)53(33-44-19-23-46(95)24-20-44)87-63(101)47(75)31-42-14-11-10-12-15-42)66(104)85-48(16-13-27-81-74(79)80)64(102)90-55(35-59(78)98)70(108)91-54(34-58(77)97)69(107)86-49(25-26-57(76)96)65(103)88-51(29-38(3)4)71(109)93-61(40(7)8)72(110)83-41(9)62(100)82-36-60(99)84-52(32-43-17-21-45(94)22-18-43)67(105)92-56(73(111)112)30-39(5)6/h10-12,14-15,17-24,37-41,47-56,61,94-95H,13,16,25-36,75H2,1-9H3,(H2,76,96)(H2,77,97)(H2,78,98)(H,82,100)(H,83,110)(H,84,99)(H,85,104)(H,86,107)(H,87,101)(H,88,103)(H,89,106)(H,90,102)(H,91,108)(H,92,105)(H,93,109)(H,111,112)(H4,79,80,81)/t41-,47-,48-,49-,50-,51-,52-,53-,54-,55-,56-,61-/m0/s1. The van der Waals surface area contributed by atoms with E-state index < -0.39 is 211 Å². The topological polar surface area (TPSA) is 644 Å². The van der Waals surface area contributed by atoms with Gasteiger partial charge in [0.05, 0.1) is 25.4 Å². The van der Waals surface area contributed by atoms with Crippen LogP contribution in [-0.2, 0) is 96.0 Å². The molecule has 0 fully saturated rings. The van der Waals surface area contributed by atoms with Crippen molar-refractivity contribution in [3.05, 3.63) is 95.6 Å². The van der Waals surface area contributed by atoms with E-state index in [1.54, 1.807) is 85.7 Å². The summed E-state index contributed by atoms with van der Waals surface area (Å²) >= 11 is 0. The molecule has 0 bridgehead atoms. The van der Waals surface area contributed by atoms with E-state index in [0.717, 1.165) is 5.56 Å². The van der Waals surface area contributed by atoms with E-state index in [4.69, 9.17) is 34.1 Å². The van der Waals surface area contributed by atoms with Crippen LogP contribution in [-0.4, -0.2) is 201 Å². The Morgan fingerprint density at radius 1 is 0.384 bits per heavy atom.